The highest BCUT2D eigenvalue weighted by molar-refractivity contribution is 14.1. The van der Waals surface area contributed by atoms with Crippen molar-refractivity contribution in [1.82, 2.24) is 4.90 Å². The number of benzene rings is 1. The molecule has 100 valence electrons. The molecule has 1 aromatic rings. The van der Waals surface area contributed by atoms with E-state index in [0.29, 0.717) is 6.54 Å². The molecule has 0 bridgehead atoms. The Labute approximate surface area is 123 Å². The van der Waals surface area contributed by atoms with Crippen molar-refractivity contribution >= 4 is 34.2 Å². The molecule has 0 saturated carbocycles. The van der Waals surface area contributed by atoms with Crippen LogP contribution >= 0.6 is 22.6 Å². The van der Waals surface area contributed by atoms with Crippen LogP contribution in [0.3, 0.4) is 0 Å². The summed E-state index contributed by atoms with van der Waals surface area (Å²) in [6, 6.07) is 4.17. The topological polar surface area (TPSA) is 32.3 Å². The minimum Gasteiger partial charge on any atom is -0.324 e. The summed E-state index contributed by atoms with van der Waals surface area (Å²) >= 11 is 2.29. The number of carbonyl (C=O) groups is 1. The maximum atomic E-state index is 12.0. The SMILES string of the molecule is CCN(CC)CC(=O)Nc1c(C)cc([125I])cc1C. The van der Waals surface area contributed by atoms with E-state index >= 15 is 0 Å². The predicted octanol–water partition coefficient (Wildman–Crippen LogP) is 3.19. The van der Waals surface area contributed by atoms with Crippen LogP contribution in [-0.4, -0.2) is 30.4 Å². The molecule has 1 N–H and O–H groups in total. The standard InChI is InChI=1S/C14H21IN2O/c1-5-17(6-2)9-13(18)16-14-10(3)7-12(15)8-11(14)4/h7-8H,5-6,9H2,1-4H3,(H,16,18)/i15-2. The third-order valence-electron chi connectivity index (χ3n) is 3.02. The maximum Gasteiger partial charge on any atom is 0.238 e. The fourth-order valence-electron chi connectivity index (χ4n) is 1.94. The van der Waals surface area contributed by atoms with Gasteiger partial charge < -0.3 is 5.32 Å². The number of carbonyl (C=O) groups excluding carboxylic acids is 1. The number of halogens is 1. The Morgan fingerprint density at radius 3 is 2.17 bits per heavy atom. The zero-order valence-corrected chi connectivity index (χ0v) is 13.7. The zero-order valence-electron chi connectivity index (χ0n) is 11.5. The van der Waals surface area contributed by atoms with Crippen LogP contribution in [0.2, 0.25) is 0 Å². The number of amides is 1. The average Bonchev–Trinajstić information content (AvgIpc) is 2.30. The van der Waals surface area contributed by atoms with Gasteiger partial charge in [0.1, 0.15) is 0 Å². The summed E-state index contributed by atoms with van der Waals surface area (Å²) < 4.78 is 1.20. The maximum absolute atomic E-state index is 12.0. The van der Waals surface area contributed by atoms with Gasteiger partial charge in [0, 0.05) is 9.26 Å². The normalized spacial score (nSPS) is 10.8. The molecule has 1 amide bonds. The number of aryl methyl sites for hydroxylation is 2. The first-order valence-corrected chi connectivity index (χ1v) is 7.34. The minimum absolute atomic E-state index is 0.0612. The molecular weight excluding hydrogens is 337 g/mol. The van der Waals surface area contributed by atoms with Crippen LogP contribution in [0.15, 0.2) is 12.1 Å². The van der Waals surface area contributed by atoms with Crippen LogP contribution in [0.25, 0.3) is 0 Å². The molecule has 0 saturated heterocycles. The summed E-state index contributed by atoms with van der Waals surface area (Å²) in [5.74, 6) is 0.0612. The van der Waals surface area contributed by atoms with Crippen molar-refractivity contribution in [2.45, 2.75) is 27.7 Å². The number of hydrogen-bond donors (Lipinski definition) is 1. The Morgan fingerprint density at radius 2 is 1.72 bits per heavy atom. The van der Waals surface area contributed by atoms with Crippen molar-refractivity contribution < 1.29 is 4.79 Å². The molecule has 18 heavy (non-hydrogen) atoms. The summed E-state index contributed by atoms with van der Waals surface area (Å²) in [5, 5.41) is 3.02. The second-order valence-corrected chi connectivity index (χ2v) is 5.67. The lowest BCUT2D eigenvalue weighted by atomic mass is 10.1. The largest absolute Gasteiger partial charge is 0.324 e. The molecule has 0 radical (unpaired) electrons. The molecule has 1 rings (SSSR count). The summed E-state index contributed by atoms with van der Waals surface area (Å²) in [5.41, 5.74) is 3.19. The fourth-order valence-corrected chi connectivity index (χ4v) is 2.87. The Balaban J connectivity index is 2.76. The molecule has 0 aliphatic rings. The summed E-state index contributed by atoms with van der Waals surface area (Å²) in [4.78, 5) is 14.1. The van der Waals surface area contributed by atoms with E-state index in [-0.39, 0.29) is 5.91 Å². The average molecular weight is 358 g/mol. The van der Waals surface area contributed by atoms with E-state index in [0.717, 1.165) is 29.9 Å². The molecule has 3 nitrogen and oxygen atoms in total. The Bertz CT molecular complexity index is 405. The first kappa shape index (κ1) is 15.4. The molecule has 0 spiro atoms. The first-order valence-electron chi connectivity index (χ1n) is 6.26. The molecule has 0 aromatic heterocycles. The van der Waals surface area contributed by atoms with Crippen LogP contribution in [0.1, 0.15) is 25.0 Å². The van der Waals surface area contributed by atoms with Gasteiger partial charge in [-0.1, -0.05) is 13.8 Å². The highest BCUT2D eigenvalue weighted by atomic mass is 125. The highest BCUT2D eigenvalue weighted by Crippen LogP contribution is 2.23. The van der Waals surface area contributed by atoms with Crippen LogP contribution in [0.5, 0.6) is 0 Å². The van der Waals surface area contributed by atoms with Crippen LogP contribution in [0.4, 0.5) is 5.69 Å². The molecular formula is C14H21IN2O. The van der Waals surface area contributed by atoms with Gasteiger partial charge in [0.05, 0.1) is 6.54 Å². The van der Waals surface area contributed by atoms with Gasteiger partial charge in [-0.15, -0.1) is 0 Å². The van der Waals surface area contributed by atoms with Crippen molar-refractivity contribution in [3.05, 3.63) is 26.8 Å². The second kappa shape index (κ2) is 7.09. The van der Waals surface area contributed by atoms with Crippen molar-refractivity contribution in [2.24, 2.45) is 0 Å². The number of hydrogen-bond acceptors (Lipinski definition) is 2. The Morgan fingerprint density at radius 1 is 1.22 bits per heavy atom. The van der Waals surface area contributed by atoms with E-state index in [1.165, 1.54) is 3.57 Å². The summed E-state index contributed by atoms with van der Waals surface area (Å²) in [7, 11) is 0. The number of nitrogens with one attached hydrogen (secondary N) is 1. The third-order valence-corrected chi connectivity index (χ3v) is 3.65. The molecule has 4 heteroatoms. The third kappa shape index (κ3) is 4.24. The predicted molar refractivity (Wildman–Crippen MR) is 85.1 cm³/mol. The first-order chi connectivity index (χ1) is 8.47. The summed E-state index contributed by atoms with van der Waals surface area (Å²) in [6.07, 6.45) is 0. The van der Waals surface area contributed by atoms with E-state index in [4.69, 9.17) is 0 Å². The monoisotopic (exact) mass is 358 g/mol. The van der Waals surface area contributed by atoms with Crippen LogP contribution < -0.4 is 5.32 Å². The fraction of sp³-hybridized carbons (Fsp3) is 0.500. The lowest BCUT2D eigenvalue weighted by Gasteiger charge is -2.18. The second-order valence-electron chi connectivity index (χ2n) is 4.42. The van der Waals surface area contributed by atoms with Crippen molar-refractivity contribution in [2.75, 3.05) is 25.0 Å². The quantitative estimate of drug-likeness (QED) is 0.820. The molecule has 0 atom stereocenters. The minimum atomic E-state index is 0.0612. The van der Waals surface area contributed by atoms with E-state index in [9.17, 15) is 4.79 Å². The molecule has 0 unspecified atom stereocenters. The van der Waals surface area contributed by atoms with Crippen molar-refractivity contribution in [1.29, 1.82) is 0 Å². The molecule has 0 aliphatic carbocycles. The number of anilines is 1. The number of nitrogens with zero attached hydrogens (tertiary/aromatic N) is 1. The van der Waals surface area contributed by atoms with Crippen molar-refractivity contribution in [3.8, 4) is 0 Å². The molecule has 0 aliphatic heterocycles. The van der Waals surface area contributed by atoms with E-state index in [1.54, 1.807) is 0 Å². The smallest absolute Gasteiger partial charge is 0.238 e. The van der Waals surface area contributed by atoms with Crippen LogP contribution in [-0.2, 0) is 4.79 Å². The van der Waals surface area contributed by atoms with Gasteiger partial charge in [-0.3, -0.25) is 9.69 Å². The van der Waals surface area contributed by atoms with E-state index < -0.39 is 0 Å². The van der Waals surface area contributed by atoms with E-state index in [2.05, 4.69) is 58.8 Å². The van der Waals surface area contributed by atoms with Gasteiger partial charge in [-0.05, 0) is 72.8 Å². The van der Waals surface area contributed by atoms with Gasteiger partial charge in [-0.2, -0.15) is 0 Å². The Hall–Kier alpha value is -0.620. The summed E-state index contributed by atoms with van der Waals surface area (Å²) in [6.45, 7) is 10.4. The molecule has 0 fully saturated rings. The lowest BCUT2D eigenvalue weighted by Crippen LogP contribution is -2.33. The zero-order chi connectivity index (χ0) is 13.7. The van der Waals surface area contributed by atoms with Crippen LogP contribution in [0, 0.1) is 17.4 Å². The van der Waals surface area contributed by atoms with Gasteiger partial charge in [0.2, 0.25) is 5.91 Å². The van der Waals surface area contributed by atoms with Gasteiger partial charge in [0.15, 0.2) is 0 Å². The molecule has 1 aromatic carbocycles. The van der Waals surface area contributed by atoms with Gasteiger partial charge in [-0.25, -0.2) is 0 Å². The molecule has 0 heterocycles. The Kier molecular flexibility index (Phi) is 6.08. The van der Waals surface area contributed by atoms with Gasteiger partial charge in [0.25, 0.3) is 0 Å². The van der Waals surface area contributed by atoms with Crippen molar-refractivity contribution in [3.63, 3.8) is 0 Å². The lowest BCUT2D eigenvalue weighted by molar-refractivity contribution is -0.117. The highest BCUT2D eigenvalue weighted by Gasteiger charge is 2.11. The number of likely N-dealkylation sites (N-methyl/N-ethyl adjacent to an activating group) is 1. The van der Waals surface area contributed by atoms with Gasteiger partial charge >= 0.3 is 0 Å². The number of rotatable bonds is 5. The van der Waals surface area contributed by atoms with E-state index in [1.807, 2.05) is 13.8 Å².